The summed E-state index contributed by atoms with van der Waals surface area (Å²) in [6, 6.07) is 6.40. The van der Waals surface area contributed by atoms with Gasteiger partial charge in [0, 0.05) is 26.3 Å². The molecule has 8 nitrogen and oxygen atoms in total. The molecule has 3 aromatic rings. The lowest BCUT2D eigenvalue weighted by Gasteiger charge is -2.30. The largest absolute Gasteiger partial charge is 0.370 e. The number of fused-ring (bicyclic) bond motifs is 1. The highest BCUT2D eigenvalue weighted by Crippen LogP contribution is 2.28. The molecule has 3 N–H and O–H groups in total. The number of nitrogens with one attached hydrogen (secondary N) is 1. The van der Waals surface area contributed by atoms with Crippen LogP contribution in [-0.4, -0.2) is 32.6 Å². The Balaban J connectivity index is 1.71. The Bertz CT molecular complexity index is 1060. The van der Waals surface area contributed by atoms with Crippen molar-refractivity contribution in [3.63, 3.8) is 0 Å². The van der Waals surface area contributed by atoms with Gasteiger partial charge in [-0.15, -0.1) is 0 Å². The number of nitrogen functional groups attached to an aromatic ring is 1. The van der Waals surface area contributed by atoms with Gasteiger partial charge in [-0.05, 0) is 38.3 Å². The SMILES string of the molecule is Cc1nc(N)nc(NCc2nc3ccn(C)c3cc2N2CCCCC2)c1C#N. The van der Waals surface area contributed by atoms with E-state index in [4.69, 9.17) is 10.7 Å². The molecule has 0 bridgehead atoms. The molecule has 8 heteroatoms. The number of piperidine rings is 1. The number of hydrogen-bond acceptors (Lipinski definition) is 7. The van der Waals surface area contributed by atoms with Crippen LogP contribution in [0.5, 0.6) is 0 Å². The maximum Gasteiger partial charge on any atom is 0.222 e. The zero-order valence-corrected chi connectivity index (χ0v) is 16.2. The average molecular weight is 376 g/mol. The maximum absolute atomic E-state index is 9.45. The summed E-state index contributed by atoms with van der Waals surface area (Å²) in [6.45, 7) is 4.29. The predicted molar refractivity (Wildman–Crippen MR) is 110 cm³/mol. The molecule has 0 amide bonds. The first-order valence-corrected chi connectivity index (χ1v) is 9.55. The van der Waals surface area contributed by atoms with E-state index in [2.05, 4.69) is 36.9 Å². The molecule has 0 aromatic carbocycles. The van der Waals surface area contributed by atoms with Gasteiger partial charge in [0.15, 0.2) is 0 Å². The van der Waals surface area contributed by atoms with Crippen LogP contribution in [0.3, 0.4) is 0 Å². The molecule has 1 aliphatic heterocycles. The Labute approximate surface area is 164 Å². The molecule has 28 heavy (non-hydrogen) atoms. The number of aromatic nitrogens is 4. The molecule has 144 valence electrons. The highest BCUT2D eigenvalue weighted by Gasteiger charge is 2.18. The molecule has 1 aliphatic rings. The number of pyridine rings is 1. The number of nitrogens with two attached hydrogens (primary N) is 1. The van der Waals surface area contributed by atoms with E-state index < -0.39 is 0 Å². The predicted octanol–water partition coefficient (Wildman–Crippen LogP) is 2.73. The van der Waals surface area contributed by atoms with Crippen LogP contribution in [0.1, 0.15) is 36.2 Å². The maximum atomic E-state index is 9.45. The number of rotatable bonds is 4. The Morgan fingerprint density at radius 3 is 2.75 bits per heavy atom. The van der Waals surface area contributed by atoms with Crippen LogP contribution in [0.4, 0.5) is 17.5 Å². The minimum Gasteiger partial charge on any atom is -0.370 e. The van der Waals surface area contributed by atoms with Crippen molar-refractivity contribution in [1.82, 2.24) is 19.5 Å². The van der Waals surface area contributed by atoms with Crippen LogP contribution in [0.2, 0.25) is 0 Å². The van der Waals surface area contributed by atoms with Gasteiger partial charge in [-0.3, -0.25) is 0 Å². The first kappa shape index (κ1) is 18.0. The van der Waals surface area contributed by atoms with Crippen molar-refractivity contribution >= 4 is 28.5 Å². The molecule has 1 saturated heterocycles. The van der Waals surface area contributed by atoms with Crippen LogP contribution < -0.4 is 16.0 Å². The van der Waals surface area contributed by atoms with E-state index >= 15 is 0 Å². The highest BCUT2D eigenvalue weighted by atomic mass is 15.2. The fourth-order valence-corrected chi connectivity index (χ4v) is 3.78. The highest BCUT2D eigenvalue weighted by molar-refractivity contribution is 5.81. The standard InChI is InChI=1S/C20H24N8/c1-13-14(11-21)19(26-20(22)24-13)23-12-16-18(28-7-4-3-5-8-28)10-17-15(25-16)6-9-27(17)2/h6,9-10H,3-5,7-8,12H2,1-2H3,(H3,22,23,24,26). The third-order valence-corrected chi connectivity index (χ3v) is 5.26. The monoisotopic (exact) mass is 376 g/mol. The van der Waals surface area contributed by atoms with E-state index in [0.717, 1.165) is 35.5 Å². The Kier molecular flexibility index (Phi) is 4.74. The second kappa shape index (κ2) is 7.35. The smallest absolute Gasteiger partial charge is 0.222 e. The van der Waals surface area contributed by atoms with E-state index in [0.29, 0.717) is 23.6 Å². The van der Waals surface area contributed by atoms with Crippen molar-refractivity contribution in [3.8, 4) is 6.07 Å². The van der Waals surface area contributed by atoms with Crippen molar-refractivity contribution in [2.45, 2.75) is 32.7 Å². The fourth-order valence-electron chi connectivity index (χ4n) is 3.78. The second-order valence-corrected chi connectivity index (χ2v) is 7.19. The van der Waals surface area contributed by atoms with E-state index in [-0.39, 0.29) is 5.95 Å². The minimum absolute atomic E-state index is 0.154. The zero-order chi connectivity index (χ0) is 19.7. The van der Waals surface area contributed by atoms with Crippen LogP contribution >= 0.6 is 0 Å². The number of nitrogens with zero attached hydrogens (tertiary/aromatic N) is 6. The second-order valence-electron chi connectivity index (χ2n) is 7.19. The van der Waals surface area contributed by atoms with Crippen molar-refractivity contribution in [2.75, 3.05) is 29.0 Å². The first-order chi connectivity index (χ1) is 13.6. The van der Waals surface area contributed by atoms with Gasteiger partial charge in [-0.1, -0.05) is 0 Å². The molecular weight excluding hydrogens is 352 g/mol. The molecule has 0 unspecified atom stereocenters. The van der Waals surface area contributed by atoms with Crippen LogP contribution in [0.15, 0.2) is 18.3 Å². The normalized spacial score (nSPS) is 14.2. The van der Waals surface area contributed by atoms with Crippen molar-refractivity contribution in [3.05, 3.63) is 35.3 Å². The third-order valence-electron chi connectivity index (χ3n) is 5.26. The number of nitriles is 1. The lowest BCUT2D eigenvalue weighted by molar-refractivity contribution is 0.576. The van der Waals surface area contributed by atoms with E-state index in [1.165, 1.54) is 19.3 Å². The van der Waals surface area contributed by atoms with Crippen molar-refractivity contribution in [2.24, 2.45) is 7.05 Å². The van der Waals surface area contributed by atoms with Crippen LogP contribution in [-0.2, 0) is 13.6 Å². The average Bonchev–Trinajstić information content (AvgIpc) is 3.06. The summed E-state index contributed by atoms with van der Waals surface area (Å²) in [6.07, 6.45) is 5.68. The van der Waals surface area contributed by atoms with Gasteiger partial charge in [0.25, 0.3) is 0 Å². The summed E-state index contributed by atoms with van der Waals surface area (Å²) in [5.41, 5.74) is 10.9. The van der Waals surface area contributed by atoms with Crippen LogP contribution in [0, 0.1) is 18.3 Å². The summed E-state index contributed by atoms with van der Waals surface area (Å²) < 4.78 is 2.09. The van der Waals surface area contributed by atoms with E-state index in [9.17, 15) is 5.26 Å². The molecule has 0 radical (unpaired) electrons. The summed E-state index contributed by atoms with van der Waals surface area (Å²) in [5, 5.41) is 12.7. The quantitative estimate of drug-likeness (QED) is 0.720. The summed E-state index contributed by atoms with van der Waals surface area (Å²) in [7, 11) is 2.04. The van der Waals surface area contributed by atoms with Gasteiger partial charge < -0.3 is 20.5 Å². The van der Waals surface area contributed by atoms with Gasteiger partial charge in [0.2, 0.25) is 5.95 Å². The summed E-state index contributed by atoms with van der Waals surface area (Å²) in [4.78, 5) is 15.6. The van der Waals surface area contributed by atoms with Crippen molar-refractivity contribution < 1.29 is 0 Å². The summed E-state index contributed by atoms with van der Waals surface area (Å²) >= 11 is 0. The molecule has 4 rings (SSSR count). The minimum atomic E-state index is 0.154. The number of anilines is 3. The lowest BCUT2D eigenvalue weighted by Crippen LogP contribution is -2.31. The van der Waals surface area contributed by atoms with Gasteiger partial charge in [0.05, 0.1) is 34.7 Å². The van der Waals surface area contributed by atoms with Gasteiger partial charge in [0.1, 0.15) is 17.5 Å². The van der Waals surface area contributed by atoms with Gasteiger partial charge >= 0.3 is 0 Å². The van der Waals surface area contributed by atoms with E-state index in [1.807, 2.05) is 19.3 Å². The van der Waals surface area contributed by atoms with E-state index in [1.54, 1.807) is 6.92 Å². The molecular formula is C20H24N8. The number of hydrogen-bond donors (Lipinski definition) is 2. The number of aryl methyl sites for hydroxylation is 2. The van der Waals surface area contributed by atoms with Gasteiger partial charge in [-0.2, -0.15) is 10.2 Å². The van der Waals surface area contributed by atoms with Crippen LogP contribution in [0.25, 0.3) is 11.0 Å². The fraction of sp³-hybridized carbons (Fsp3) is 0.400. The summed E-state index contributed by atoms with van der Waals surface area (Å²) in [5.74, 6) is 0.605. The molecule has 1 fully saturated rings. The third kappa shape index (κ3) is 3.31. The zero-order valence-electron chi connectivity index (χ0n) is 16.2. The molecule has 0 atom stereocenters. The lowest BCUT2D eigenvalue weighted by atomic mass is 10.1. The molecule has 4 heterocycles. The molecule has 0 spiro atoms. The first-order valence-electron chi connectivity index (χ1n) is 9.55. The molecule has 3 aromatic heterocycles. The van der Waals surface area contributed by atoms with Crippen molar-refractivity contribution in [1.29, 1.82) is 5.26 Å². The molecule has 0 aliphatic carbocycles. The molecule has 0 saturated carbocycles. The Hall–Kier alpha value is -3.34. The topological polar surface area (TPSA) is 109 Å². The van der Waals surface area contributed by atoms with Gasteiger partial charge in [-0.25, -0.2) is 9.97 Å². The Morgan fingerprint density at radius 1 is 1.21 bits per heavy atom. The Morgan fingerprint density at radius 2 is 2.00 bits per heavy atom.